The van der Waals surface area contributed by atoms with E-state index in [0.717, 1.165) is 49.2 Å². The van der Waals surface area contributed by atoms with Gasteiger partial charge in [-0.15, -0.1) is 0 Å². The number of carbonyl (C=O) groups excluding carboxylic acids is 1. The van der Waals surface area contributed by atoms with Crippen LogP contribution in [-0.2, 0) is 6.42 Å². The van der Waals surface area contributed by atoms with Crippen molar-refractivity contribution >= 4 is 11.7 Å². The fourth-order valence-electron chi connectivity index (χ4n) is 5.67. The lowest BCUT2D eigenvalue weighted by molar-refractivity contribution is -0.385. The molecule has 1 unspecified atom stereocenters. The molecule has 4 rings (SSSR count). The average Bonchev–Trinajstić information content (AvgIpc) is 3.45. The molecule has 0 fully saturated rings. The van der Waals surface area contributed by atoms with Crippen molar-refractivity contribution < 1.29 is 23.9 Å². The van der Waals surface area contributed by atoms with Gasteiger partial charge in [0.25, 0.3) is 0 Å². The van der Waals surface area contributed by atoms with Crippen molar-refractivity contribution in [3.8, 4) is 28.4 Å². The van der Waals surface area contributed by atoms with Crippen molar-refractivity contribution in [2.24, 2.45) is 0 Å². The fourth-order valence-corrected chi connectivity index (χ4v) is 5.67. The summed E-state index contributed by atoms with van der Waals surface area (Å²) in [5.74, 6) is 0.746. The average molecular weight is 602 g/mol. The summed E-state index contributed by atoms with van der Waals surface area (Å²) < 4.78 is 17.5. The van der Waals surface area contributed by atoms with Crippen LogP contribution in [0.4, 0.5) is 5.69 Å². The van der Waals surface area contributed by atoms with Crippen LogP contribution in [0.15, 0.2) is 60.7 Å². The standard InChI is InChI=1S/C37H47NO6/c1-3-5-7-9-11-13-15-33-25-31-26-34(27-35(38(40)41)36(31)43-33)44-37(39)30-18-16-28(17-19-30)29-20-22-32(23-21-29)42-24-14-12-10-8-6-4-2/h16-23,26-27,33H,3-15,24-25H2,1-2H3. The van der Waals surface area contributed by atoms with Crippen LogP contribution in [0.2, 0.25) is 0 Å². The number of nitrogens with zero attached hydrogens (tertiary/aromatic N) is 1. The van der Waals surface area contributed by atoms with Gasteiger partial charge in [0.05, 0.1) is 23.2 Å². The van der Waals surface area contributed by atoms with Gasteiger partial charge in [-0.05, 0) is 60.7 Å². The van der Waals surface area contributed by atoms with Crippen LogP contribution >= 0.6 is 0 Å². The molecule has 44 heavy (non-hydrogen) atoms. The van der Waals surface area contributed by atoms with Gasteiger partial charge in [0.2, 0.25) is 5.75 Å². The molecule has 1 aliphatic heterocycles. The Morgan fingerprint density at radius 1 is 0.795 bits per heavy atom. The van der Waals surface area contributed by atoms with E-state index in [1.54, 1.807) is 18.2 Å². The molecule has 0 bridgehead atoms. The zero-order chi connectivity index (χ0) is 31.1. The van der Waals surface area contributed by atoms with Crippen LogP contribution < -0.4 is 14.2 Å². The van der Waals surface area contributed by atoms with E-state index >= 15 is 0 Å². The summed E-state index contributed by atoms with van der Waals surface area (Å²) in [5.41, 5.74) is 2.90. The second-order valence-electron chi connectivity index (χ2n) is 11.8. The Hall–Kier alpha value is -3.87. The molecule has 0 N–H and O–H groups in total. The first-order valence-corrected chi connectivity index (χ1v) is 16.5. The summed E-state index contributed by atoms with van der Waals surface area (Å²) in [7, 11) is 0. The summed E-state index contributed by atoms with van der Waals surface area (Å²) in [6.45, 7) is 5.15. The van der Waals surface area contributed by atoms with Crippen LogP contribution in [0.25, 0.3) is 11.1 Å². The van der Waals surface area contributed by atoms with Crippen LogP contribution in [0, 0.1) is 10.1 Å². The Balaban J connectivity index is 1.30. The van der Waals surface area contributed by atoms with Gasteiger partial charge < -0.3 is 14.2 Å². The molecule has 0 amide bonds. The second-order valence-corrected chi connectivity index (χ2v) is 11.8. The minimum absolute atomic E-state index is 0.0886. The molecule has 0 aliphatic carbocycles. The molecule has 0 spiro atoms. The zero-order valence-corrected chi connectivity index (χ0v) is 26.4. The Morgan fingerprint density at radius 2 is 1.39 bits per heavy atom. The summed E-state index contributed by atoms with van der Waals surface area (Å²) >= 11 is 0. The van der Waals surface area contributed by atoms with Gasteiger partial charge in [-0.3, -0.25) is 10.1 Å². The van der Waals surface area contributed by atoms with Crippen LogP contribution in [0.5, 0.6) is 17.2 Å². The van der Waals surface area contributed by atoms with E-state index in [4.69, 9.17) is 14.2 Å². The number of esters is 1. The first kappa shape index (κ1) is 33.0. The van der Waals surface area contributed by atoms with Crippen LogP contribution in [0.1, 0.15) is 113 Å². The lowest BCUT2D eigenvalue weighted by Crippen LogP contribution is -2.12. The maximum atomic E-state index is 13.0. The third-order valence-electron chi connectivity index (χ3n) is 8.21. The summed E-state index contributed by atoms with van der Waals surface area (Å²) in [5, 5.41) is 11.8. The smallest absolute Gasteiger partial charge is 0.343 e. The minimum Gasteiger partial charge on any atom is -0.494 e. The summed E-state index contributed by atoms with van der Waals surface area (Å²) in [6, 6.07) is 18.1. The number of rotatable bonds is 19. The van der Waals surface area contributed by atoms with E-state index in [0.29, 0.717) is 23.3 Å². The zero-order valence-electron chi connectivity index (χ0n) is 26.4. The third-order valence-corrected chi connectivity index (χ3v) is 8.21. The largest absolute Gasteiger partial charge is 0.494 e. The summed E-state index contributed by atoms with van der Waals surface area (Å²) in [4.78, 5) is 24.3. The van der Waals surface area contributed by atoms with Crippen molar-refractivity contribution in [2.45, 2.75) is 110 Å². The predicted molar refractivity (Wildman–Crippen MR) is 175 cm³/mol. The Bertz CT molecular complexity index is 1340. The molecule has 7 nitrogen and oxygen atoms in total. The van der Waals surface area contributed by atoms with E-state index in [1.807, 2.05) is 36.4 Å². The SMILES string of the molecule is CCCCCCCCOc1ccc(-c2ccc(C(=O)Oc3cc4c(c([N+](=O)[O-])c3)OC(CCCCCCCC)C4)cc2)cc1. The van der Waals surface area contributed by atoms with Gasteiger partial charge in [-0.2, -0.15) is 0 Å². The van der Waals surface area contributed by atoms with Gasteiger partial charge in [0.15, 0.2) is 0 Å². The quantitative estimate of drug-likeness (QED) is 0.0446. The second kappa shape index (κ2) is 17.4. The first-order valence-electron chi connectivity index (χ1n) is 16.5. The molecule has 0 radical (unpaired) electrons. The minimum atomic E-state index is -0.563. The molecule has 1 atom stereocenters. The molecular formula is C37H47NO6. The van der Waals surface area contributed by atoms with Gasteiger partial charge in [0.1, 0.15) is 17.6 Å². The van der Waals surface area contributed by atoms with E-state index in [1.165, 1.54) is 63.9 Å². The molecule has 7 heteroatoms. The van der Waals surface area contributed by atoms with Crippen molar-refractivity contribution in [3.05, 3.63) is 81.9 Å². The summed E-state index contributed by atoms with van der Waals surface area (Å²) in [6.07, 6.45) is 15.8. The number of nitro benzene ring substituents is 1. The molecule has 1 aliphatic rings. The van der Waals surface area contributed by atoms with Gasteiger partial charge in [-0.1, -0.05) is 102 Å². The van der Waals surface area contributed by atoms with Crippen molar-refractivity contribution in [1.29, 1.82) is 0 Å². The fraction of sp³-hybridized carbons (Fsp3) is 0.486. The van der Waals surface area contributed by atoms with Crippen LogP contribution in [-0.4, -0.2) is 23.6 Å². The number of benzene rings is 3. The van der Waals surface area contributed by atoms with Gasteiger partial charge in [-0.25, -0.2) is 4.79 Å². The van der Waals surface area contributed by atoms with Crippen molar-refractivity contribution in [2.75, 3.05) is 6.61 Å². The highest BCUT2D eigenvalue weighted by Crippen LogP contribution is 2.42. The highest BCUT2D eigenvalue weighted by Gasteiger charge is 2.32. The number of hydrogen-bond donors (Lipinski definition) is 0. The monoisotopic (exact) mass is 601 g/mol. The highest BCUT2D eigenvalue weighted by molar-refractivity contribution is 5.91. The number of carbonyl (C=O) groups is 1. The predicted octanol–water partition coefficient (Wildman–Crippen LogP) is 10.3. The molecule has 236 valence electrons. The number of unbranched alkanes of at least 4 members (excludes halogenated alkanes) is 10. The van der Waals surface area contributed by atoms with Crippen molar-refractivity contribution in [3.63, 3.8) is 0 Å². The molecule has 3 aromatic rings. The molecule has 0 saturated heterocycles. The molecule has 1 heterocycles. The maximum absolute atomic E-state index is 13.0. The molecule has 3 aromatic carbocycles. The Labute approximate surface area is 262 Å². The van der Waals surface area contributed by atoms with Gasteiger partial charge >= 0.3 is 11.7 Å². The normalized spacial score (nSPS) is 13.7. The topological polar surface area (TPSA) is 87.9 Å². The van der Waals surface area contributed by atoms with Crippen molar-refractivity contribution in [1.82, 2.24) is 0 Å². The lowest BCUT2D eigenvalue weighted by atomic mass is 10.0. The molecular weight excluding hydrogens is 554 g/mol. The molecule has 0 aromatic heterocycles. The number of ether oxygens (including phenoxy) is 3. The highest BCUT2D eigenvalue weighted by atomic mass is 16.6. The Kier molecular flexibility index (Phi) is 13.1. The van der Waals surface area contributed by atoms with Crippen LogP contribution in [0.3, 0.4) is 0 Å². The number of nitro groups is 1. The van der Waals surface area contributed by atoms with E-state index in [9.17, 15) is 14.9 Å². The Morgan fingerprint density at radius 3 is 2.02 bits per heavy atom. The number of hydrogen-bond acceptors (Lipinski definition) is 6. The maximum Gasteiger partial charge on any atom is 0.343 e. The van der Waals surface area contributed by atoms with E-state index < -0.39 is 10.9 Å². The third kappa shape index (κ3) is 9.83. The van der Waals surface area contributed by atoms with Gasteiger partial charge in [0, 0.05) is 12.0 Å². The lowest BCUT2D eigenvalue weighted by Gasteiger charge is -2.10. The number of fused-ring (bicyclic) bond motifs is 1. The molecule has 0 saturated carbocycles. The first-order chi connectivity index (χ1) is 21.5. The van der Waals surface area contributed by atoms with E-state index in [-0.39, 0.29) is 17.5 Å². The van der Waals surface area contributed by atoms with E-state index in [2.05, 4.69) is 13.8 Å².